The third kappa shape index (κ3) is 5.15. The summed E-state index contributed by atoms with van der Waals surface area (Å²) in [6, 6.07) is 5.62. The molecule has 2 aliphatic rings. The lowest BCUT2D eigenvalue weighted by molar-refractivity contribution is -0.139. The molecule has 0 radical (unpaired) electrons. The van der Waals surface area contributed by atoms with Gasteiger partial charge in [-0.2, -0.15) is 0 Å². The maximum atomic E-state index is 13.7. The molecule has 2 N–H and O–H groups in total. The monoisotopic (exact) mass is 482 g/mol. The standard InChI is InChI=1S/C26H35FN6O2/c1-15(2)24(31-25(34)16(3)28-5)26(35)33-11-6-7-22(33)20-14-23(30-17(4)29-20)32-12-10-18-13-19(27)8-9-21(18)32/h8-9,13-16,22,24,28H,6-7,10-12H2,1-5H3,(H,31,34). The summed E-state index contributed by atoms with van der Waals surface area (Å²) in [7, 11) is 1.72. The van der Waals surface area contributed by atoms with Crippen molar-refractivity contribution >= 4 is 23.3 Å². The Kier molecular flexibility index (Phi) is 7.35. The van der Waals surface area contributed by atoms with Crippen molar-refractivity contribution in [1.82, 2.24) is 25.5 Å². The number of hydrogen-bond donors (Lipinski definition) is 2. The van der Waals surface area contributed by atoms with Gasteiger partial charge >= 0.3 is 0 Å². The van der Waals surface area contributed by atoms with Crippen LogP contribution in [0.2, 0.25) is 0 Å². The molecule has 3 unspecified atom stereocenters. The van der Waals surface area contributed by atoms with Gasteiger partial charge < -0.3 is 20.4 Å². The SMILES string of the molecule is CNC(C)C(=O)NC(C(=O)N1CCCC1c1cc(N2CCc3cc(F)ccc32)nc(C)n1)C(C)C. The van der Waals surface area contributed by atoms with Crippen molar-refractivity contribution in [2.24, 2.45) is 5.92 Å². The van der Waals surface area contributed by atoms with Crippen LogP contribution in [-0.4, -0.2) is 58.9 Å². The Bertz CT molecular complexity index is 1110. The molecule has 0 spiro atoms. The largest absolute Gasteiger partial charge is 0.343 e. The molecular formula is C26H35FN6O2. The molecular weight excluding hydrogens is 447 g/mol. The number of anilines is 2. The van der Waals surface area contributed by atoms with Crippen LogP contribution >= 0.6 is 0 Å². The van der Waals surface area contributed by atoms with E-state index in [-0.39, 0.29) is 35.6 Å². The van der Waals surface area contributed by atoms with E-state index in [2.05, 4.69) is 20.5 Å². The molecule has 1 aromatic carbocycles. The van der Waals surface area contributed by atoms with Crippen LogP contribution in [0.5, 0.6) is 0 Å². The number of fused-ring (bicyclic) bond motifs is 1. The third-order valence-electron chi connectivity index (χ3n) is 6.99. The molecule has 2 aromatic rings. The molecule has 0 bridgehead atoms. The van der Waals surface area contributed by atoms with Gasteiger partial charge in [0, 0.05) is 24.8 Å². The lowest BCUT2D eigenvalue weighted by Gasteiger charge is -2.32. The van der Waals surface area contributed by atoms with Crippen LogP contribution in [0.15, 0.2) is 24.3 Å². The van der Waals surface area contributed by atoms with E-state index in [1.807, 2.05) is 31.7 Å². The first kappa shape index (κ1) is 25.0. The minimum absolute atomic E-state index is 0.0547. The number of aryl methyl sites for hydroxylation is 1. The normalized spacial score (nSPS) is 19.1. The Morgan fingerprint density at radius 3 is 2.63 bits per heavy atom. The average Bonchev–Trinajstić information content (AvgIpc) is 3.48. The van der Waals surface area contributed by atoms with E-state index in [1.165, 1.54) is 6.07 Å². The Hall–Kier alpha value is -3.07. The van der Waals surface area contributed by atoms with E-state index < -0.39 is 6.04 Å². The first-order valence-corrected chi connectivity index (χ1v) is 12.4. The van der Waals surface area contributed by atoms with Crippen molar-refractivity contribution in [3.63, 3.8) is 0 Å². The number of aromatic nitrogens is 2. The maximum Gasteiger partial charge on any atom is 0.245 e. The highest BCUT2D eigenvalue weighted by molar-refractivity contribution is 5.90. The molecule has 0 aliphatic carbocycles. The number of amides is 2. The van der Waals surface area contributed by atoms with Crippen molar-refractivity contribution in [1.29, 1.82) is 0 Å². The van der Waals surface area contributed by atoms with E-state index in [0.29, 0.717) is 18.9 Å². The van der Waals surface area contributed by atoms with Crippen molar-refractivity contribution in [3.05, 3.63) is 47.2 Å². The summed E-state index contributed by atoms with van der Waals surface area (Å²) in [6.07, 6.45) is 2.42. The maximum absolute atomic E-state index is 13.7. The van der Waals surface area contributed by atoms with Crippen LogP contribution in [-0.2, 0) is 16.0 Å². The van der Waals surface area contributed by atoms with Crippen LogP contribution in [0.1, 0.15) is 56.7 Å². The van der Waals surface area contributed by atoms with Crippen LogP contribution in [0, 0.1) is 18.7 Å². The number of likely N-dealkylation sites (N-methyl/N-ethyl adjacent to an activating group) is 1. The van der Waals surface area contributed by atoms with Gasteiger partial charge in [-0.1, -0.05) is 13.8 Å². The van der Waals surface area contributed by atoms with E-state index >= 15 is 0 Å². The second-order valence-electron chi connectivity index (χ2n) is 9.80. The van der Waals surface area contributed by atoms with Gasteiger partial charge in [0.25, 0.3) is 0 Å². The van der Waals surface area contributed by atoms with Gasteiger partial charge in [0.1, 0.15) is 23.5 Å². The fraction of sp³-hybridized carbons (Fsp3) is 0.538. The van der Waals surface area contributed by atoms with Crippen molar-refractivity contribution < 1.29 is 14.0 Å². The van der Waals surface area contributed by atoms with Crippen LogP contribution in [0.4, 0.5) is 15.9 Å². The molecule has 188 valence electrons. The number of carbonyl (C=O) groups is 2. The van der Waals surface area contributed by atoms with Gasteiger partial charge in [-0.25, -0.2) is 14.4 Å². The van der Waals surface area contributed by atoms with E-state index in [4.69, 9.17) is 4.98 Å². The number of carbonyl (C=O) groups excluding carboxylic acids is 2. The molecule has 1 aromatic heterocycles. The number of rotatable bonds is 7. The zero-order valence-electron chi connectivity index (χ0n) is 21.1. The van der Waals surface area contributed by atoms with Crippen molar-refractivity contribution in [2.75, 3.05) is 25.0 Å². The summed E-state index contributed by atoms with van der Waals surface area (Å²) in [5, 5.41) is 5.86. The van der Waals surface area contributed by atoms with E-state index in [1.54, 1.807) is 26.1 Å². The van der Waals surface area contributed by atoms with E-state index in [0.717, 1.165) is 42.0 Å². The Balaban J connectivity index is 1.60. The van der Waals surface area contributed by atoms with Crippen molar-refractivity contribution in [3.8, 4) is 0 Å². The molecule has 4 rings (SSSR count). The first-order chi connectivity index (χ1) is 16.7. The third-order valence-corrected chi connectivity index (χ3v) is 6.99. The second-order valence-corrected chi connectivity index (χ2v) is 9.80. The van der Waals surface area contributed by atoms with Gasteiger partial charge in [0.05, 0.1) is 17.8 Å². The minimum atomic E-state index is -0.610. The molecule has 35 heavy (non-hydrogen) atoms. The van der Waals surface area contributed by atoms with E-state index in [9.17, 15) is 14.0 Å². The van der Waals surface area contributed by atoms with Gasteiger partial charge in [0.15, 0.2) is 0 Å². The lowest BCUT2D eigenvalue weighted by atomic mass is 10.0. The Labute approximate surface area is 206 Å². The summed E-state index contributed by atoms with van der Waals surface area (Å²) >= 11 is 0. The highest BCUT2D eigenvalue weighted by Crippen LogP contribution is 2.37. The number of nitrogens with one attached hydrogen (secondary N) is 2. The number of benzene rings is 1. The number of halogens is 1. The molecule has 1 saturated heterocycles. The molecule has 9 heteroatoms. The first-order valence-electron chi connectivity index (χ1n) is 12.4. The van der Waals surface area contributed by atoms with Crippen LogP contribution < -0.4 is 15.5 Å². The summed E-state index contributed by atoms with van der Waals surface area (Å²) in [6.45, 7) is 8.84. The van der Waals surface area contributed by atoms with Gasteiger partial charge in [-0.15, -0.1) is 0 Å². The molecule has 0 saturated carbocycles. The lowest BCUT2D eigenvalue weighted by Crippen LogP contribution is -2.54. The molecule has 8 nitrogen and oxygen atoms in total. The summed E-state index contributed by atoms with van der Waals surface area (Å²) in [5.74, 6) is 0.818. The predicted octanol–water partition coefficient (Wildman–Crippen LogP) is 3.03. The predicted molar refractivity (Wildman–Crippen MR) is 133 cm³/mol. The van der Waals surface area contributed by atoms with Gasteiger partial charge in [0.2, 0.25) is 11.8 Å². The molecule has 1 fully saturated rings. The molecule has 2 amide bonds. The highest BCUT2D eigenvalue weighted by Gasteiger charge is 2.37. The second kappa shape index (κ2) is 10.3. The summed E-state index contributed by atoms with van der Waals surface area (Å²) in [5.41, 5.74) is 2.72. The minimum Gasteiger partial charge on any atom is -0.343 e. The van der Waals surface area contributed by atoms with Crippen LogP contribution in [0.25, 0.3) is 0 Å². The number of likely N-dealkylation sites (tertiary alicyclic amines) is 1. The highest BCUT2D eigenvalue weighted by atomic mass is 19.1. The molecule has 3 heterocycles. The number of nitrogens with zero attached hydrogens (tertiary/aromatic N) is 4. The fourth-order valence-corrected chi connectivity index (χ4v) is 4.93. The number of hydrogen-bond acceptors (Lipinski definition) is 6. The fourth-order valence-electron chi connectivity index (χ4n) is 4.93. The molecule has 3 atom stereocenters. The van der Waals surface area contributed by atoms with Gasteiger partial charge in [-0.3, -0.25) is 9.59 Å². The van der Waals surface area contributed by atoms with Gasteiger partial charge in [-0.05, 0) is 69.8 Å². The zero-order chi connectivity index (χ0) is 25.3. The summed E-state index contributed by atoms with van der Waals surface area (Å²) < 4.78 is 13.7. The zero-order valence-corrected chi connectivity index (χ0v) is 21.1. The smallest absolute Gasteiger partial charge is 0.245 e. The Morgan fingerprint density at radius 2 is 1.91 bits per heavy atom. The Morgan fingerprint density at radius 1 is 1.14 bits per heavy atom. The average molecular weight is 483 g/mol. The topological polar surface area (TPSA) is 90.5 Å². The van der Waals surface area contributed by atoms with Crippen molar-refractivity contribution in [2.45, 2.75) is 65.1 Å². The quantitative estimate of drug-likeness (QED) is 0.631. The summed E-state index contributed by atoms with van der Waals surface area (Å²) in [4.78, 5) is 39.5. The van der Waals surface area contributed by atoms with Crippen LogP contribution in [0.3, 0.4) is 0 Å². The molecule has 2 aliphatic heterocycles.